The van der Waals surface area contributed by atoms with Gasteiger partial charge < -0.3 is 16.4 Å². The summed E-state index contributed by atoms with van der Waals surface area (Å²) < 4.78 is 0. The van der Waals surface area contributed by atoms with E-state index >= 15 is 0 Å². The predicted octanol–water partition coefficient (Wildman–Crippen LogP) is 1.51. The summed E-state index contributed by atoms with van der Waals surface area (Å²) in [5, 5.41) is 7.15. The fraction of sp³-hybridized carbons (Fsp3) is 1.00. The van der Waals surface area contributed by atoms with Crippen molar-refractivity contribution in [1.82, 2.24) is 15.5 Å². The number of hydrogen-bond donors (Lipinski definition) is 3. The largest absolute Gasteiger partial charge is 0.316 e. The molecule has 2 heterocycles. The number of nitrogens with zero attached hydrogens (tertiary/aromatic N) is 1. The van der Waals surface area contributed by atoms with E-state index in [2.05, 4.69) is 43.2 Å². The van der Waals surface area contributed by atoms with E-state index in [0.29, 0.717) is 0 Å². The third-order valence-electron chi connectivity index (χ3n) is 4.77. The molecule has 0 amide bonds. The van der Waals surface area contributed by atoms with Crippen molar-refractivity contribution in [2.24, 2.45) is 11.7 Å². The van der Waals surface area contributed by atoms with Crippen LogP contribution in [0, 0.1) is 5.92 Å². The number of hydrogen-bond acceptors (Lipinski definition) is 4. The van der Waals surface area contributed by atoms with Gasteiger partial charge in [-0.25, -0.2) is 0 Å². The minimum absolute atomic E-state index is 0.248. The molecule has 0 aromatic heterocycles. The maximum Gasteiger partial charge on any atom is 0.0572 e. The third-order valence-corrected chi connectivity index (χ3v) is 4.77. The molecule has 2 aliphatic rings. The molecule has 1 atom stereocenters. The molecule has 0 radical (unpaired) electrons. The molecule has 0 bridgehead atoms. The van der Waals surface area contributed by atoms with Crippen LogP contribution in [0.25, 0.3) is 0 Å². The van der Waals surface area contributed by atoms with Gasteiger partial charge in [-0.1, -0.05) is 0 Å². The zero-order valence-corrected chi connectivity index (χ0v) is 13.8. The highest BCUT2D eigenvalue weighted by Gasteiger charge is 2.37. The molecular formula is C16H34N4. The Balaban J connectivity index is 1.80. The lowest BCUT2D eigenvalue weighted by molar-refractivity contribution is 0.107. The van der Waals surface area contributed by atoms with Crippen LogP contribution in [-0.4, -0.2) is 48.3 Å². The van der Waals surface area contributed by atoms with Gasteiger partial charge in [-0.3, -0.25) is 4.90 Å². The van der Waals surface area contributed by atoms with Crippen LogP contribution in [0.4, 0.5) is 0 Å². The molecule has 0 aliphatic carbocycles. The van der Waals surface area contributed by atoms with Crippen LogP contribution < -0.4 is 16.4 Å². The first-order chi connectivity index (χ1) is 9.27. The zero-order chi connectivity index (χ0) is 14.8. The van der Waals surface area contributed by atoms with E-state index in [1.807, 2.05) is 0 Å². The molecule has 4 heteroatoms. The number of nitrogens with one attached hydrogen (secondary N) is 2. The molecule has 0 saturated carbocycles. The molecule has 2 aliphatic heterocycles. The van der Waals surface area contributed by atoms with Crippen LogP contribution >= 0.6 is 0 Å². The van der Waals surface area contributed by atoms with Crippen LogP contribution in [0.15, 0.2) is 0 Å². The second kappa shape index (κ2) is 6.30. The van der Waals surface area contributed by atoms with Crippen molar-refractivity contribution < 1.29 is 0 Å². The Labute approximate surface area is 124 Å². The molecule has 20 heavy (non-hydrogen) atoms. The highest BCUT2D eigenvalue weighted by Crippen LogP contribution is 2.35. The number of rotatable bonds is 4. The average molecular weight is 282 g/mol. The van der Waals surface area contributed by atoms with E-state index < -0.39 is 0 Å². The first-order valence-electron chi connectivity index (χ1n) is 8.27. The Bertz CT molecular complexity index is 292. The van der Waals surface area contributed by atoms with Gasteiger partial charge in [-0.15, -0.1) is 0 Å². The minimum atomic E-state index is 0.248. The van der Waals surface area contributed by atoms with Crippen molar-refractivity contribution in [3.8, 4) is 0 Å². The number of piperidine rings is 1. The van der Waals surface area contributed by atoms with Crippen LogP contribution in [0.2, 0.25) is 0 Å². The molecule has 0 spiro atoms. The van der Waals surface area contributed by atoms with Gasteiger partial charge in [0.1, 0.15) is 0 Å². The summed E-state index contributed by atoms with van der Waals surface area (Å²) in [6.45, 7) is 13.7. The second-order valence-electron chi connectivity index (χ2n) is 8.10. The first-order valence-corrected chi connectivity index (χ1v) is 8.27. The second-order valence-corrected chi connectivity index (χ2v) is 8.10. The topological polar surface area (TPSA) is 53.3 Å². The maximum atomic E-state index is 6.38. The first kappa shape index (κ1) is 16.2. The van der Waals surface area contributed by atoms with Crippen LogP contribution in [0.1, 0.15) is 53.4 Å². The zero-order valence-electron chi connectivity index (χ0n) is 13.8. The number of piperazine rings is 1. The summed E-state index contributed by atoms with van der Waals surface area (Å²) in [6, 6.07) is 0. The van der Waals surface area contributed by atoms with Gasteiger partial charge in [0.15, 0.2) is 0 Å². The van der Waals surface area contributed by atoms with Gasteiger partial charge in [-0.2, -0.15) is 0 Å². The fourth-order valence-corrected chi connectivity index (χ4v) is 4.34. The molecule has 118 valence electrons. The summed E-state index contributed by atoms with van der Waals surface area (Å²) in [4.78, 5) is 2.44. The Morgan fingerprint density at radius 1 is 1.10 bits per heavy atom. The van der Waals surface area contributed by atoms with Crippen LogP contribution in [-0.2, 0) is 0 Å². The van der Waals surface area contributed by atoms with Crippen molar-refractivity contribution in [3.63, 3.8) is 0 Å². The lowest BCUT2D eigenvalue weighted by Gasteiger charge is -2.47. The molecule has 0 aromatic carbocycles. The Hall–Kier alpha value is -0.160. The quantitative estimate of drug-likeness (QED) is 0.732. The SMILES string of the molecule is CC1(C)CC(CCC(N)N2CCNCC2)CC(C)(C)N1. The van der Waals surface area contributed by atoms with Crippen molar-refractivity contribution in [1.29, 1.82) is 0 Å². The van der Waals surface area contributed by atoms with Crippen molar-refractivity contribution in [2.45, 2.75) is 70.6 Å². The fourth-order valence-electron chi connectivity index (χ4n) is 4.34. The maximum absolute atomic E-state index is 6.38. The molecular weight excluding hydrogens is 248 g/mol. The molecule has 4 nitrogen and oxygen atoms in total. The van der Waals surface area contributed by atoms with Gasteiger partial charge in [0, 0.05) is 37.3 Å². The number of nitrogens with two attached hydrogens (primary N) is 1. The van der Waals surface area contributed by atoms with E-state index in [4.69, 9.17) is 5.73 Å². The van der Waals surface area contributed by atoms with Crippen LogP contribution in [0.5, 0.6) is 0 Å². The van der Waals surface area contributed by atoms with Crippen molar-refractivity contribution in [2.75, 3.05) is 26.2 Å². The normalized spacial score (nSPS) is 29.2. The highest BCUT2D eigenvalue weighted by molar-refractivity contribution is 4.97. The standard InChI is InChI=1S/C16H34N4/c1-15(2)11-13(12-16(3,4)19-15)5-6-14(17)20-9-7-18-8-10-20/h13-14,18-19H,5-12,17H2,1-4H3. The van der Waals surface area contributed by atoms with E-state index in [0.717, 1.165) is 38.5 Å². The van der Waals surface area contributed by atoms with Crippen LogP contribution in [0.3, 0.4) is 0 Å². The lowest BCUT2D eigenvalue weighted by Crippen LogP contribution is -2.58. The van der Waals surface area contributed by atoms with E-state index in [-0.39, 0.29) is 17.2 Å². The lowest BCUT2D eigenvalue weighted by atomic mass is 9.74. The Morgan fingerprint density at radius 2 is 1.65 bits per heavy atom. The van der Waals surface area contributed by atoms with E-state index in [9.17, 15) is 0 Å². The summed E-state index contributed by atoms with van der Waals surface area (Å²) in [5.41, 5.74) is 6.89. The van der Waals surface area contributed by atoms with Gasteiger partial charge in [-0.05, 0) is 59.3 Å². The molecule has 0 aromatic rings. The van der Waals surface area contributed by atoms with Gasteiger partial charge in [0.2, 0.25) is 0 Å². The van der Waals surface area contributed by atoms with E-state index in [1.165, 1.54) is 19.3 Å². The van der Waals surface area contributed by atoms with Crippen molar-refractivity contribution >= 4 is 0 Å². The smallest absolute Gasteiger partial charge is 0.0572 e. The molecule has 2 fully saturated rings. The summed E-state index contributed by atoms with van der Waals surface area (Å²) in [7, 11) is 0. The molecule has 4 N–H and O–H groups in total. The van der Waals surface area contributed by atoms with Crippen molar-refractivity contribution in [3.05, 3.63) is 0 Å². The highest BCUT2D eigenvalue weighted by atomic mass is 15.3. The van der Waals surface area contributed by atoms with E-state index in [1.54, 1.807) is 0 Å². The minimum Gasteiger partial charge on any atom is -0.316 e. The van der Waals surface area contributed by atoms with Gasteiger partial charge in [0.05, 0.1) is 6.17 Å². The molecule has 2 saturated heterocycles. The summed E-state index contributed by atoms with van der Waals surface area (Å²) in [6.07, 6.45) is 5.18. The third kappa shape index (κ3) is 4.69. The summed E-state index contributed by atoms with van der Waals surface area (Å²) >= 11 is 0. The predicted molar refractivity (Wildman–Crippen MR) is 85.7 cm³/mol. The van der Waals surface area contributed by atoms with Gasteiger partial charge >= 0.3 is 0 Å². The Morgan fingerprint density at radius 3 is 2.20 bits per heavy atom. The average Bonchev–Trinajstić information content (AvgIpc) is 2.33. The summed E-state index contributed by atoms with van der Waals surface area (Å²) in [5.74, 6) is 0.801. The molecule has 2 rings (SSSR count). The van der Waals surface area contributed by atoms with Gasteiger partial charge in [0.25, 0.3) is 0 Å². The Kier molecular flexibility index (Phi) is 5.11. The molecule has 1 unspecified atom stereocenters. The monoisotopic (exact) mass is 282 g/mol.